The van der Waals surface area contributed by atoms with Crippen LogP contribution in [0.25, 0.3) is 0 Å². The molecule has 0 unspecified atom stereocenters. The number of ether oxygens (including phenoxy) is 1. The molecule has 3 heteroatoms. The lowest BCUT2D eigenvalue weighted by Crippen LogP contribution is -2.45. The van der Waals surface area contributed by atoms with Gasteiger partial charge in [0.2, 0.25) is 0 Å². The fraction of sp³-hybridized carbons (Fsp3) is 0.588. The van der Waals surface area contributed by atoms with Crippen molar-refractivity contribution in [3.63, 3.8) is 0 Å². The summed E-state index contributed by atoms with van der Waals surface area (Å²) in [6, 6.07) is 6.05. The van der Waals surface area contributed by atoms with E-state index in [0.717, 1.165) is 30.8 Å². The van der Waals surface area contributed by atoms with Crippen molar-refractivity contribution in [1.29, 1.82) is 0 Å². The molecular formula is C17H25NO2. The number of rotatable bonds is 3. The summed E-state index contributed by atoms with van der Waals surface area (Å²) in [7, 11) is 0. The van der Waals surface area contributed by atoms with E-state index in [-0.39, 0.29) is 5.91 Å². The summed E-state index contributed by atoms with van der Waals surface area (Å²) in [6.45, 7) is 9.85. The molecular weight excluding hydrogens is 250 g/mol. The predicted molar refractivity (Wildman–Crippen MR) is 81.0 cm³/mol. The summed E-state index contributed by atoms with van der Waals surface area (Å²) in [6.07, 6.45) is 1.90. The second-order valence-corrected chi connectivity index (χ2v) is 6.06. The van der Waals surface area contributed by atoms with Crippen LogP contribution < -0.4 is 4.74 Å². The lowest BCUT2D eigenvalue weighted by atomic mass is 10.00. The van der Waals surface area contributed by atoms with Gasteiger partial charge in [-0.15, -0.1) is 0 Å². The Labute approximate surface area is 121 Å². The number of carbonyl (C=O) groups is 1. The average Bonchev–Trinajstić information content (AvgIpc) is 2.41. The number of nitrogens with zero attached hydrogens (tertiary/aromatic N) is 1. The van der Waals surface area contributed by atoms with Crippen molar-refractivity contribution in [3.05, 3.63) is 29.3 Å². The van der Waals surface area contributed by atoms with Gasteiger partial charge in [-0.05, 0) is 51.2 Å². The van der Waals surface area contributed by atoms with Crippen molar-refractivity contribution in [3.8, 4) is 5.75 Å². The number of benzene rings is 1. The van der Waals surface area contributed by atoms with Crippen molar-refractivity contribution in [2.24, 2.45) is 5.92 Å². The number of hydrogen-bond acceptors (Lipinski definition) is 2. The molecule has 1 heterocycles. The number of piperidine rings is 1. The first-order valence-corrected chi connectivity index (χ1v) is 7.50. The van der Waals surface area contributed by atoms with Gasteiger partial charge in [-0.25, -0.2) is 0 Å². The van der Waals surface area contributed by atoms with Gasteiger partial charge in [-0.2, -0.15) is 0 Å². The van der Waals surface area contributed by atoms with Crippen molar-refractivity contribution in [1.82, 2.24) is 4.90 Å². The van der Waals surface area contributed by atoms with Crippen LogP contribution in [0.3, 0.4) is 0 Å². The van der Waals surface area contributed by atoms with Crippen molar-refractivity contribution < 1.29 is 9.53 Å². The maximum Gasteiger partial charge on any atom is 0.263 e. The summed E-state index contributed by atoms with van der Waals surface area (Å²) in [5.41, 5.74) is 2.29. The Kier molecular flexibility index (Phi) is 4.69. The van der Waals surface area contributed by atoms with Crippen LogP contribution >= 0.6 is 0 Å². The van der Waals surface area contributed by atoms with Crippen molar-refractivity contribution in [2.75, 3.05) is 13.1 Å². The van der Waals surface area contributed by atoms with E-state index >= 15 is 0 Å². The summed E-state index contributed by atoms with van der Waals surface area (Å²) >= 11 is 0. The van der Waals surface area contributed by atoms with E-state index in [4.69, 9.17) is 4.74 Å². The monoisotopic (exact) mass is 275 g/mol. The van der Waals surface area contributed by atoms with Gasteiger partial charge in [0, 0.05) is 13.1 Å². The zero-order valence-corrected chi connectivity index (χ0v) is 13.0. The minimum absolute atomic E-state index is 0.108. The topological polar surface area (TPSA) is 29.5 Å². The van der Waals surface area contributed by atoms with Gasteiger partial charge in [0.25, 0.3) is 5.91 Å². The molecule has 0 aromatic heterocycles. The van der Waals surface area contributed by atoms with Crippen LogP contribution in [-0.4, -0.2) is 30.0 Å². The Morgan fingerprint density at radius 3 is 2.80 bits per heavy atom. The Morgan fingerprint density at radius 2 is 2.15 bits per heavy atom. The molecule has 0 bridgehead atoms. The van der Waals surface area contributed by atoms with Crippen LogP contribution in [0, 0.1) is 19.8 Å². The Morgan fingerprint density at radius 1 is 1.40 bits per heavy atom. The largest absolute Gasteiger partial charge is 0.481 e. The quantitative estimate of drug-likeness (QED) is 0.847. The standard InChI is InChI=1S/C17H25NO2/c1-12-7-8-16(14(3)10-12)20-15(4)17(19)18-9-5-6-13(2)11-18/h7-8,10,13,15H,5-6,9,11H2,1-4H3/t13-,15-/m1/s1. The lowest BCUT2D eigenvalue weighted by Gasteiger charge is -2.32. The maximum atomic E-state index is 12.4. The molecule has 1 aromatic carbocycles. The Hall–Kier alpha value is -1.51. The summed E-state index contributed by atoms with van der Waals surface area (Å²) in [5, 5.41) is 0. The molecule has 1 fully saturated rings. The molecule has 0 saturated carbocycles. The number of aryl methyl sites for hydroxylation is 2. The van der Waals surface area contributed by atoms with E-state index in [1.54, 1.807) is 0 Å². The average molecular weight is 275 g/mol. The molecule has 1 aliphatic rings. The van der Waals surface area contributed by atoms with Gasteiger partial charge in [-0.1, -0.05) is 24.6 Å². The van der Waals surface area contributed by atoms with E-state index in [1.165, 1.54) is 12.0 Å². The van der Waals surface area contributed by atoms with Gasteiger partial charge >= 0.3 is 0 Å². The van der Waals surface area contributed by atoms with Crippen LogP contribution in [0.2, 0.25) is 0 Å². The summed E-state index contributed by atoms with van der Waals surface area (Å²) in [4.78, 5) is 14.4. The fourth-order valence-corrected chi connectivity index (χ4v) is 2.82. The highest BCUT2D eigenvalue weighted by Gasteiger charge is 2.26. The van der Waals surface area contributed by atoms with Crippen LogP contribution in [0.5, 0.6) is 5.75 Å². The van der Waals surface area contributed by atoms with E-state index in [9.17, 15) is 4.79 Å². The molecule has 3 nitrogen and oxygen atoms in total. The number of likely N-dealkylation sites (tertiary alicyclic amines) is 1. The third-order valence-corrected chi connectivity index (χ3v) is 3.95. The molecule has 2 atom stereocenters. The Bertz CT molecular complexity index is 484. The molecule has 0 aliphatic carbocycles. The van der Waals surface area contributed by atoms with Crippen LogP contribution in [0.15, 0.2) is 18.2 Å². The summed E-state index contributed by atoms with van der Waals surface area (Å²) < 4.78 is 5.86. The van der Waals surface area contributed by atoms with Gasteiger partial charge in [0.15, 0.2) is 6.10 Å². The van der Waals surface area contributed by atoms with Crippen molar-refractivity contribution in [2.45, 2.75) is 46.6 Å². The van der Waals surface area contributed by atoms with Crippen molar-refractivity contribution >= 4 is 5.91 Å². The fourth-order valence-electron chi connectivity index (χ4n) is 2.82. The first kappa shape index (κ1) is 14.9. The Balaban J connectivity index is 2.00. The third kappa shape index (κ3) is 3.53. The molecule has 0 radical (unpaired) electrons. The number of amides is 1. The molecule has 1 amide bonds. The molecule has 2 rings (SSSR count). The minimum Gasteiger partial charge on any atom is -0.481 e. The van der Waals surface area contributed by atoms with Gasteiger partial charge in [0.1, 0.15) is 5.75 Å². The zero-order chi connectivity index (χ0) is 14.7. The first-order valence-electron chi connectivity index (χ1n) is 7.50. The molecule has 110 valence electrons. The highest BCUT2D eigenvalue weighted by atomic mass is 16.5. The van der Waals surface area contributed by atoms with Gasteiger partial charge in [-0.3, -0.25) is 4.79 Å². The van der Waals surface area contributed by atoms with E-state index < -0.39 is 6.10 Å². The molecule has 0 N–H and O–H groups in total. The molecule has 20 heavy (non-hydrogen) atoms. The van der Waals surface area contributed by atoms with E-state index in [1.807, 2.05) is 30.9 Å². The number of hydrogen-bond donors (Lipinski definition) is 0. The second kappa shape index (κ2) is 6.29. The lowest BCUT2D eigenvalue weighted by molar-refractivity contribution is -0.139. The normalized spacial score (nSPS) is 20.6. The highest BCUT2D eigenvalue weighted by Crippen LogP contribution is 2.22. The zero-order valence-electron chi connectivity index (χ0n) is 13.0. The minimum atomic E-state index is -0.415. The van der Waals surface area contributed by atoms with Gasteiger partial charge < -0.3 is 9.64 Å². The van der Waals surface area contributed by atoms with Gasteiger partial charge in [0.05, 0.1) is 0 Å². The summed E-state index contributed by atoms with van der Waals surface area (Å²) in [5.74, 6) is 1.51. The predicted octanol–water partition coefficient (Wildman–Crippen LogP) is 3.33. The molecule has 1 aliphatic heterocycles. The maximum absolute atomic E-state index is 12.4. The van der Waals surface area contributed by atoms with E-state index in [0.29, 0.717) is 5.92 Å². The molecule has 0 spiro atoms. The second-order valence-electron chi connectivity index (χ2n) is 6.06. The van der Waals surface area contributed by atoms with E-state index in [2.05, 4.69) is 19.9 Å². The third-order valence-electron chi connectivity index (χ3n) is 3.95. The molecule has 1 aromatic rings. The van der Waals surface area contributed by atoms with Crippen LogP contribution in [0.4, 0.5) is 0 Å². The van der Waals surface area contributed by atoms with Crippen LogP contribution in [-0.2, 0) is 4.79 Å². The number of carbonyl (C=O) groups excluding carboxylic acids is 1. The smallest absolute Gasteiger partial charge is 0.263 e. The first-order chi connectivity index (χ1) is 9.47. The van der Waals surface area contributed by atoms with Crippen LogP contribution in [0.1, 0.15) is 37.8 Å². The highest BCUT2D eigenvalue weighted by molar-refractivity contribution is 5.81. The molecule has 1 saturated heterocycles. The SMILES string of the molecule is Cc1ccc(O[C@H](C)C(=O)N2CCC[C@@H](C)C2)c(C)c1.